The summed E-state index contributed by atoms with van der Waals surface area (Å²) in [5.41, 5.74) is 0.703. The zero-order valence-electron chi connectivity index (χ0n) is 15.0. The zero-order chi connectivity index (χ0) is 17.6. The van der Waals surface area contributed by atoms with Crippen LogP contribution in [0.2, 0.25) is 0 Å². The first-order valence-electron chi connectivity index (χ1n) is 9.54. The van der Waals surface area contributed by atoms with E-state index in [1.807, 2.05) is 37.3 Å². The normalized spacial score (nSPS) is 21.0. The molecule has 0 radical (unpaired) electrons. The Kier molecular flexibility index (Phi) is 6.08. The van der Waals surface area contributed by atoms with Gasteiger partial charge in [-0.05, 0) is 44.7 Å². The fraction of sp³-hybridized carbons (Fsp3) is 0.600. The van der Waals surface area contributed by atoms with Gasteiger partial charge in [0, 0.05) is 30.7 Å². The van der Waals surface area contributed by atoms with Crippen molar-refractivity contribution < 1.29 is 9.59 Å². The topological polar surface area (TPSA) is 61.4 Å². The Balaban J connectivity index is 1.43. The molecule has 1 aromatic rings. The van der Waals surface area contributed by atoms with E-state index in [9.17, 15) is 9.59 Å². The number of amides is 2. The first-order valence-corrected chi connectivity index (χ1v) is 9.54. The van der Waals surface area contributed by atoms with Crippen molar-refractivity contribution in [2.24, 2.45) is 0 Å². The third kappa shape index (κ3) is 4.82. The number of nitrogens with one attached hydrogen (secondary N) is 2. The molecule has 136 valence electrons. The fourth-order valence-electron chi connectivity index (χ4n) is 3.85. The second kappa shape index (κ2) is 8.48. The van der Waals surface area contributed by atoms with Gasteiger partial charge in [0.2, 0.25) is 5.91 Å². The number of piperidine rings is 1. The molecule has 5 heteroatoms. The molecule has 0 bridgehead atoms. The van der Waals surface area contributed by atoms with E-state index in [1.54, 1.807) is 0 Å². The van der Waals surface area contributed by atoms with E-state index >= 15 is 0 Å². The number of carbonyl (C=O) groups excluding carboxylic acids is 2. The van der Waals surface area contributed by atoms with Crippen molar-refractivity contribution in [1.82, 2.24) is 15.5 Å². The highest BCUT2D eigenvalue weighted by Crippen LogP contribution is 2.19. The van der Waals surface area contributed by atoms with E-state index in [1.165, 1.54) is 12.8 Å². The van der Waals surface area contributed by atoms with Crippen LogP contribution in [0.15, 0.2) is 30.3 Å². The summed E-state index contributed by atoms with van der Waals surface area (Å²) < 4.78 is 0. The van der Waals surface area contributed by atoms with Gasteiger partial charge in [-0.3, -0.25) is 14.5 Å². The van der Waals surface area contributed by atoms with E-state index in [0.717, 1.165) is 38.8 Å². The lowest BCUT2D eigenvalue weighted by Crippen LogP contribution is -2.52. The first-order chi connectivity index (χ1) is 12.1. The summed E-state index contributed by atoms with van der Waals surface area (Å²) >= 11 is 0. The summed E-state index contributed by atoms with van der Waals surface area (Å²) in [4.78, 5) is 26.9. The Bertz CT molecular complexity index is 576. The summed E-state index contributed by atoms with van der Waals surface area (Å²) in [5, 5.41) is 6.31. The van der Waals surface area contributed by atoms with Crippen molar-refractivity contribution in [2.75, 3.05) is 13.1 Å². The van der Waals surface area contributed by atoms with Crippen LogP contribution >= 0.6 is 0 Å². The second-order valence-electron chi connectivity index (χ2n) is 7.32. The molecule has 2 fully saturated rings. The first kappa shape index (κ1) is 17.9. The number of likely N-dealkylation sites (tertiary alicyclic amines) is 1. The Morgan fingerprint density at radius 3 is 2.20 bits per heavy atom. The minimum absolute atomic E-state index is 0.00826. The van der Waals surface area contributed by atoms with Crippen LogP contribution in [-0.2, 0) is 4.79 Å². The number of hydrogen-bond acceptors (Lipinski definition) is 3. The van der Waals surface area contributed by atoms with Crippen LogP contribution in [0.5, 0.6) is 0 Å². The molecular formula is C20H29N3O2. The molecule has 1 aliphatic carbocycles. The van der Waals surface area contributed by atoms with Crippen LogP contribution in [0.1, 0.15) is 55.8 Å². The third-order valence-corrected chi connectivity index (χ3v) is 5.53. The highest BCUT2D eigenvalue weighted by Gasteiger charge is 2.28. The predicted octanol–water partition coefficient (Wildman–Crippen LogP) is 2.33. The monoisotopic (exact) mass is 343 g/mol. The van der Waals surface area contributed by atoms with E-state index in [-0.39, 0.29) is 23.9 Å². The Labute approximate surface area is 150 Å². The van der Waals surface area contributed by atoms with Gasteiger partial charge < -0.3 is 10.6 Å². The molecule has 1 aliphatic heterocycles. The fourth-order valence-corrected chi connectivity index (χ4v) is 3.85. The molecule has 1 unspecified atom stereocenters. The molecule has 2 aliphatic rings. The Hall–Kier alpha value is -1.88. The van der Waals surface area contributed by atoms with Gasteiger partial charge in [0.1, 0.15) is 0 Å². The van der Waals surface area contributed by atoms with Crippen LogP contribution in [0.3, 0.4) is 0 Å². The summed E-state index contributed by atoms with van der Waals surface area (Å²) in [5.74, 6) is 0.143. The van der Waals surface area contributed by atoms with Crippen LogP contribution in [-0.4, -0.2) is 47.9 Å². The van der Waals surface area contributed by atoms with Crippen LogP contribution in [0, 0.1) is 0 Å². The van der Waals surface area contributed by atoms with Crippen molar-refractivity contribution in [1.29, 1.82) is 0 Å². The zero-order valence-corrected chi connectivity index (χ0v) is 15.0. The van der Waals surface area contributed by atoms with Gasteiger partial charge in [0.05, 0.1) is 6.04 Å². The maximum Gasteiger partial charge on any atom is 0.251 e. The summed E-state index contributed by atoms with van der Waals surface area (Å²) in [6.45, 7) is 3.69. The number of nitrogens with zero attached hydrogens (tertiary/aromatic N) is 1. The molecule has 25 heavy (non-hydrogen) atoms. The minimum atomic E-state index is -0.0913. The van der Waals surface area contributed by atoms with Crippen molar-refractivity contribution in [3.63, 3.8) is 0 Å². The van der Waals surface area contributed by atoms with E-state index in [4.69, 9.17) is 0 Å². The number of carbonyl (C=O) groups is 2. The summed E-state index contributed by atoms with van der Waals surface area (Å²) in [6.07, 6.45) is 6.47. The molecule has 1 heterocycles. The molecule has 1 aromatic carbocycles. The molecule has 2 amide bonds. The number of rotatable bonds is 5. The van der Waals surface area contributed by atoms with Gasteiger partial charge in [0.25, 0.3) is 5.91 Å². The lowest BCUT2D eigenvalue weighted by Gasteiger charge is -2.36. The minimum Gasteiger partial charge on any atom is -0.352 e. The van der Waals surface area contributed by atoms with Gasteiger partial charge >= 0.3 is 0 Å². The molecule has 1 saturated heterocycles. The predicted molar refractivity (Wildman–Crippen MR) is 98.4 cm³/mol. The lowest BCUT2D eigenvalue weighted by molar-refractivity contribution is -0.127. The largest absolute Gasteiger partial charge is 0.352 e. The number of hydrogen-bond donors (Lipinski definition) is 2. The van der Waals surface area contributed by atoms with Crippen LogP contribution in [0.25, 0.3) is 0 Å². The average molecular weight is 343 g/mol. The van der Waals surface area contributed by atoms with Crippen molar-refractivity contribution in [2.45, 2.75) is 63.6 Å². The average Bonchev–Trinajstić information content (AvgIpc) is 3.15. The highest BCUT2D eigenvalue weighted by molar-refractivity contribution is 5.94. The van der Waals surface area contributed by atoms with Crippen LogP contribution < -0.4 is 10.6 Å². The van der Waals surface area contributed by atoms with E-state index in [2.05, 4.69) is 15.5 Å². The second-order valence-corrected chi connectivity index (χ2v) is 7.32. The standard InChI is InChI=1S/C20H29N3O2/c1-15(19(24)21-17-9-5-6-10-17)23-13-11-18(12-14-23)22-20(25)16-7-3-2-4-8-16/h2-4,7-8,15,17-18H,5-6,9-14H2,1H3,(H,21,24)(H,22,25). The summed E-state index contributed by atoms with van der Waals surface area (Å²) in [6, 6.07) is 9.80. The lowest BCUT2D eigenvalue weighted by atomic mass is 10.0. The number of benzene rings is 1. The maximum absolute atomic E-state index is 12.4. The highest BCUT2D eigenvalue weighted by atomic mass is 16.2. The quantitative estimate of drug-likeness (QED) is 0.862. The van der Waals surface area contributed by atoms with Gasteiger partial charge in [-0.2, -0.15) is 0 Å². The van der Waals surface area contributed by atoms with Gasteiger partial charge in [-0.15, -0.1) is 0 Å². The van der Waals surface area contributed by atoms with Crippen molar-refractivity contribution >= 4 is 11.8 Å². The van der Waals surface area contributed by atoms with Crippen LogP contribution in [0.4, 0.5) is 0 Å². The molecule has 1 saturated carbocycles. The molecule has 5 nitrogen and oxygen atoms in total. The van der Waals surface area contributed by atoms with Gasteiger partial charge in [-0.25, -0.2) is 0 Å². The molecule has 0 aromatic heterocycles. The van der Waals surface area contributed by atoms with Gasteiger partial charge in [0.15, 0.2) is 0 Å². The third-order valence-electron chi connectivity index (χ3n) is 5.53. The maximum atomic E-state index is 12.4. The Morgan fingerprint density at radius 2 is 1.56 bits per heavy atom. The molecule has 3 rings (SSSR count). The van der Waals surface area contributed by atoms with E-state index in [0.29, 0.717) is 11.6 Å². The Morgan fingerprint density at radius 1 is 0.960 bits per heavy atom. The van der Waals surface area contributed by atoms with E-state index < -0.39 is 0 Å². The van der Waals surface area contributed by atoms with Gasteiger partial charge in [-0.1, -0.05) is 31.0 Å². The summed E-state index contributed by atoms with van der Waals surface area (Å²) in [7, 11) is 0. The smallest absolute Gasteiger partial charge is 0.251 e. The SMILES string of the molecule is CC(C(=O)NC1CCCC1)N1CCC(NC(=O)c2ccccc2)CC1. The molecule has 2 N–H and O–H groups in total. The van der Waals surface area contributed by atoms with Crippen molar-refractivity contribution in [3.05, 3.63) is 35.9 Å². The molecule has 1 atom stereocenters. The van der Waals surface area contributed by atoms with Crippen molar-refractivity contribution in [3.8, 4) is 0 Å². The molecular weight excluding hydrogens is 314 g/mol. The molecule has 0 spiro atoms.